The second-order valence-electron chi connectivity index (χ2n) is 4.23. The first-order valence-electron chi connectivity index (χ1n) is 6.00. The number of sulfonamides is 1. The molecule has 8 nitrogen and oxygen atoms in total. The van der Waals surface area contributed by atoms with Crippen molar-refractivity contribution in [1.29, 1.82) is 0 Å². The zero-order chi connectivity index (χ0) is 16.0. The van der Waals surface area contributed by atoms with Crippen molar-refractivity contribution in [1.82, 2.24) is 4.72 Å². The number of nitrogens with one attached hydrogen (secondary N) is 2. The van der Waals surface area contributed by atoms with Crippen LogP contribution < -0.4 is 10.0 Å². The van der Waals surface area contributed by atoms with Gasteiger partial charge in [-0.25, -0.2) is 8.42 Å². The molecule has 0 heterocycles. The summed E-state index contributed by atoms with van der Waals surface area (Å²) in [6.45, 7) is 0.861. The van der Waals surface area contributed by atoms with E-state index < -0.39 is 28.6 Å². The summed E-state index contributed by atoms with van der Waals surface area (Å²) in [6.07, 6.45) is -0.238. The number of rotatable bonds is 7. The van der Waals surface area contributed by atoms with E-state index in [0.29, 0.717) is 5.69 Å². The Labute approximate surface area is 121 Å². The van der Waals surface area contributed by atoms with E-state index in [9.17, 15) is 18.0 Å². The van der Waals surface area contributed by atoms with Gasteiger partial charge in [0.05, 0.1) is 4.90 Å². The van der Waals surface area contributed by atoms with Gasteiger partial charge in [0, 0.05) is 19.2 Å². The van der Waals surface area contributed by atoms with Gasteiger partial charge in [-0.3, -0.25) is 9.59 Å². The molecule has 0 fully saturated rings. The van der Waals surface area contributed by atoms with Crippen molar-refractivity contribution < 1.29 is 28.2 Å². The van der Waals surface area contributed by atoms with E-state index in [2.05, 4.69) is 5.32 Å². The quantitative estimate of drug-likeness (QED) is 0.548. The van der Waals surface area contributed by atoms with Crippen LogP contribution in [0.3, 0.4) is 0 Å². The summed E-state index contributed by atoms with van der Waals surface area (Å²) < 4.78 is 26.0. The zero-order valence-electron chi connectivity index (χ0n) is 11.2. The van der Waals surface area contributed by atoms with Crippen LogP contribution in [0, 0.1) is 0 Å². The smallest absolute Gasteiger partial charge is 0.321 e. The third kappa shape index (κ3) is 5.14. The van der Waals surface area contributed by atoms with Crippen molar-refractivity contribution in [3.05, 3.63) is 24.3 Å². The minimum absolute atomic E-state index is 0.138. The molecule has 0 radical (unpaired) electrons. The first kappa shape index (κ1) is 17.1. The van der Waals surface area contributed by atoms with Crippen molar-refractivity contribution in [2.75, 3.05) is 11.9 Å². The van der Waals surface area contributed by atoms with Crippen molar-refractivity contribution in [2.24, 2.45) is 0 Å². The number of hydrogen-bond donors (Lipinski definition) is 4. The number of amides is 1. The molecular weight excluding hydrogens is 300 g/mol. The minimum atomic E-state index is -4.03. The lowest BCUT2D eigenvalue weighted by Gasteiger charge is -2.14. The molecule has 1 amide bonds. The molecule has 0 saturated carbocycles. The van der Waals surface area contributed by atoms with Crippen LogP contribution in [0.1, 0.15) is 13.3 Å². The predicted octanol–water partition coefficient (Wildman–Crippen LogP) is -0.241. The van der Waals surface area contributed by atoms with Gasteiger partial charge >= 0.3 is 5.97 Å². The maximum absolute atomic E-state index is 12.0. The number of carboxylic acid groups (broad SMARTS) is 1. The summed E-state index contributed by atoms with van der Waals surface area (Å²) in [5.74, 6) is -1.67. The highest BCUT2D eigenvalue weighted by molar-refractivity contribution is 7.89. The zero-order valence-corrected chi connectivity index (χ0v) is 12.1. The average Bonchev–Trinajstić information content (AvgIpc) is 2.37. The van der Waals surface area contributed by atoms with Crippen LogP contribution in [0.15, 0.2) is 29.2 Å². The Morgan fingerprint density at radius 2 is 1.81 bits per heavy atom. The van der Waals surface area contributed by atoms with E-state index in [1.165, 1.54) is 31.2 Å². The summed E-state index contributed by atoms with van der Waals surface area (Å²) in [5.41, 5.74) is 0.423. The van der Waals surface area contributed by atoms with Gasteiger partial charge in [-0.05, 0) is 30.7 Å². The molecule has 1 atom stereocenters. The van der Waals surface area contributed by atoms with Crippen LogP contribution in [0.25, 0.3) is 0 Å². The van der Waals surface area contributed by atoms with E-state index in [0.717, 1.165) is 0 Å². The maximum Gasteiger partial charge on any atom is 0.321 e. The number of benzene rings is 1. The Hall–Kier alpha value is -1.97. The summed E-state index contributed by atoms with van der Waals surface area (Å²) >= 11 is 0. The molecule has 0 spiro atoms. The Bertz CT molecular complexity index is 611. The summed E-state index contributed by atoms with van der Waals surface area (Å²) in [5, 5.41) is 20.1. The normalized spacial score (nSPS) is 12.7. The highest BCUT2D eigenvalue weighted by atomic mass is 32.2. The fourth-order valence-electron chi connectivity index (χ4n) is 1.54. The lowest BCUT2D eigenvalue weighted by Crippen LogP contribution is -2.41. The van der Waals surface area contributed by atoms with Gasteiger partial charge in [0.25, 0.3) is 0 Å². The molecule has 0 aliphatic heterocycles. The third-order valence-corrected chi connectivity index (χ3v) is 3.99. The van der Waals surface area contributed by atoms with Crippen LogP contribution in [-0.2, 0) is 19.6 Å². The molecule has 9 heteroatoms. The molecule has 0 aromatic heterocycles. The summed E-state index contributed by atoms with van der Waals surface area (Å²) in [6, 6.07) is 3.85. The molecule has 116 valence electrons. The second-order valence-corrected chi connectivity index (χ2v) is 5.94. The van der Waals surface area contributed by atoms with E-state index in [4.69, 9.17) is 10.2 Å². The molecule has 0 saturated heterocycles. The fourth-order valence-corrected chi connectivity index (χ4v) is 2.76. The molecule has 1 rings (SSSR count). The molecule has 21 heavy (non-hydrogen) atoms. The van der Waals surface area contributed by atoms with Gasteiger partial charge in [0.2, 0.25) is 15.9 Å². The number of aliphatic hydroxyl groups is 1. The standard InChI is InChI=1S/C12H16N2O6S/c1-8(16)13-9-2-4-10(5-3-9)21(19,20)14-11(6-7-15)12(17)18/h2-5,11,14-15H,6-7H2,1H3,(H,13,16)(H,17,18). The van der Waals surface area contributed by atoms with Crippen molar-refractivity contribution in [3.63, 3.8) is 0 Å². The molecule has 4 N–H and O–H groups in total. The van der Waals surface area contributed by atoms with Crippen molar-refractivity contribution in [2.45, 2.75) is 24.3 Å². The monoisotopic (exact) mass is 316 g/mol. The number of aliphatic carboxylic acids is 1. The van der Waals surface area contributed by atoms with Crippen LogP contribution in [-0.4, -0.2) is 43.2 Å². The first-order valence-corrected chi connectivity index (χ1v) is 7.48. The summed E-state index contributed by atoms with van der Waals surface area (Å²) in [7, 11) is -4.03. The van der Waals surface area contributed by atoms with E-state index in [1.54, 1.807) is 0 Å². The van der Waals surface area contributed by atoms with E-state index in [1.807, 2.05) is 4.72 Å². The number of anilines is 1. The van der Waals surface area contributed by atoms with E-state index >= 15 is 0 Å². The molecule has 0 aliphatic carbocycles. The first-order chi connectivity index (χ1) is 9.76. The molecule has 1 aromatic rings. The maximum atomic E-state index is 12.0. The Morgan fingerprint density at radius 3 is 2.24 bits per heavy atom. The minimum Gasteiger partial charge on any atom is -0.480 e. The Balaban J connectivity index is 2.91. The average molecular weight is 316 g/mol. The highest BCUT2D eigenvalue weighted by Gasteiger charge is 2.24. The number of carboxylic acids is 1. The van der Waals surface area contributed by atoms with E-state index in [-0.39, 0.29) is 17.2 Å². The second kappa shape index (κ2) is 7.16. The number of hydrogen-bond acceptors (Lipinski definition) is 5. The SMILES string of the molecule is CC(=O)Nc1ccc(S(=O)(=O)NC(CCO)C(=O)O)cc1. The molecule has 0 bridgehead atoms. The predicted molar refractivity (Wildman–Crippen MR) is 74.2 cm³/mol. The van der Waals surface area contributed by atoms with Gasteiger partial charge in [-0.2, -0.15) is 4.72 Å². The molecule has 1 aromatic carbocycles. The topological polar surface area (TPSA) is 133 Å². The van der Waals surface area contributed by atoms with Gasteiger partial charge in [-0.1, -0.05) is 0 Å². The number of carbonyl (C=O) groups is 2. The van der Waals surface area contributed by atoms with Crippen LogP contribution in [0.4, 0.5) is 5.69 Å². The van der Waals surface area contributed by atoms with Gasteiger partial charge in [0.1, 0.15) is 6.04 Å². The molecule has 1 unspecified atom stereocenters. The van der Waals surface area contributed by atoms with Gasteiger partial charge < -0.3 is 15.5 Å². The summed E-state index contributed by atoms with van der Waals surface area (Å²) in [4.78, 5) is 21.6. The Morgan fingerprint density at radius 1 is 1.24 bits per heavy atom. The Kier molecular flexibility index (Phi) is 5.82. The van der Waals surface area contributed by atoms with Crippen LogP contribution in [0.2, 0.25) is 0 Å². The fraction of sp³-hybridized carbons (Fsp3) is 0.333. The lowest BCUT2D eigenvalue weighted by molar-refractivity contribution is -0.139. The largest absolute Gasteiger partial charge is 0.480 e. The molecular formula is C12H16N2O6S. The number of carbonyl (C=O) groups excluding carboxylic acids is 1. The number of aliphatic hydroxyl groups excluding tert-OH is 1. The van der Waals surface area contributed by atoms with Crippen molar-refractivity contribution >= 4 is 27.6 Å². The van der Waals surface area contributed by atoms with Gasteiger partial charge in [0.15, 0.2) is 0 Å². The van der Waals surface area contributed by atoms with Crippen molar-refractivity contribution in [3.8, 4) is 0 Å². The molecule has 0 aliphatic rings. The lowest BCUT2D eigenvalue weighted by atomic mass is 10.2. The third-order valence-electron chi connectivity index (χ3n) is 2.50. The van der Waals surface area contributed by atoms with Crippen LogP contribution >= 0.6 is 0 Å². The highest BCUT2D eigenvalue weighted by Crippen LogP contribution is 2.14. The van der Waals surface area contributed by atoms with Gasteiger partial charge in [-0.15, -0.1) is 0 Å². The van der Waals surface area contributed by atoms with Crippen LogP contribution in [0.5, 0.6) is 0 Å².